The zero-order valence-electron chi connectivity index (χ0n) is 17.7. The molecule has 3 N–H and O–H groups in total. The minimum absolute atomic E-state index is 0.112. The molecule has 0 saturated heterocycles. The first-order valence-electron chi connectivity index (χ1n) is 10.1. The summed E-state index contributed by atoms with van der Waals surface area (Å²) in [5.41, 5.74) is 8.80. The Morgan fingerprint density at radius 1 is 0.967 bits per heavy atom. The molecule has 0 heterocycles. The maximum absolute atomic E-state index is 12.8. The number of anilines is 1. The summed E-state index contributed by atoms with van der Waals surface area (Å²) in [4.78, 5) is 24.5. The molecule has 0 spiro atoms. The minimum Gasteiger partial charge on any atom is -0.444 e. The number of nitrogens with one attached hydrogen (secondary N) is 1. The molecule has 3 aromatic carbocycles. The number of amides is 1. The van der Waals surface area contributed by atoms with Crippen LogP contribution in [-0.2, 0) is 17.7 Å². The fraction of sp³-hybridized carbons (Fsp3) is 0.280. The first-order valence-corrected chi connectivity index (χ1v) is 10.1. The van der Waals surface area contributed by atoms with Gasteiger partial charge in [0, 0.05) is 24.2 Å². The monoisotopic (exact) mass is 404 g/mol. The van der Waals surface area contributed by atoms with Crippen molar-refractivity contribution in [3.63, 3.8) is 0 Å². The van der Waals surface area contributed by atoms with Gasteiger partial charge in [0.15, 0.2) is 5.78 Å². The van der Waals surface area contributed by atoms with Gasteiger partial charge in [0.2, 0.25) is 0 Å². The van der Waals surface area contributed by atoms with Crippen LogP contribution in [0.25, 0.3) is 10.8 Å². The van der Waals surface area contributed by atoms with Gasteiger partial charge in [0.1, 0.15) is 5.60 Å². The Hall–Kier alpha value is -3.34. The molecule has 0 unspecified atom stereocenters. The summed E-state index contributed by atoms with van der Waals surface area (Å²) in [5, 5.41) is 4.65. The lowest BCUT2D eigenvalue weighted by Gasteiger charge is -2.19. The van der Waals surface area contributed by atoms with E-state index in [-0.39, 0.29) is 5.78 Å². The van der Waals surface area contributed by atoms with Gasteiger partial charge in [-0.2, -0.15) is 0 Å². The number of fused-ring (bicyclic) bond motifs is 1. The van der Waals surface area contributed by atoms with Crippen LogP contribution in [-0.4, -0.2) is 17.5 Å². The largest absolute Gasteiger partial charge is 0.444 e. The van der Waals surface area contributed by atoms with Crippen LogP contribution in [0.3, 0.4) is 0 Å². The smallest absolute Gasteiger partial charge is 0.407 e. The number of benzene rings is 3. The van der Waals surface area contributed by atoms with E-state index in [1.807, 2.05) is 81.4 Å². The molecule has 0 aromatic heterocycles. The Balaban J connectivity index is 1.56. The van der Waals surface area contributed by atoms with Crippen molar-refractivity contribution >= 4 is 28.3 Å². The van der Waals surface area contributed by atoms with Crippen molar-refractivity contribution < 1.29 is 14.3 Å². The summed E-state index contributed by atoms with van der Waals surface area (Å²) in [6.07, 6.45) is 0.650. The predicted octanol–water partition coefficient (Wildman–Crippen LogP) is 5.26. The Kier molecular flexibility index (Phi) is 6.40. The molecule has 3 rings (SSSR count). The third kappa shape index (κ3) is 5.83. The molecule has 0 atom stereocenters. The first-order chi connectivity index (χ1) is 14.2. The van der Waals surface area contributed by atoms with Crippen LogP contribution in [0, 0.1) is 0 Å². The van der Waals surface area contributed by atoms with Crippen molar-refractivity contribution in [2.75, 3.05) is 5.73 Å². The number of hydrogen-bond acceptors (Lipinski definition) is 4. The lowest BCUT2D eigenvalue weighted by Crippen LogP contribution is -2.32. The van der Waals surface area contributed by atoms with Gasteiger partial charge in [-0.15, -0.1) is 0 Å². The number of hydrogen-bond donors (Lipinski definition) is 2. The van der Waals surface area contributed by atoms with Crippen LogP contribution in [0.5, 0.6) is 0 Å². The minimum atomic E-state index is -0.517. The summed E-state index contributed by atoms with van der Waals surface area (Å²) < 4.78 is 5.23. The SMILES string of the molecule is CC(C)(C)OC(=O)NCc1ccc(CCC(=O)c2cccc3cc(N)ccc23)cc1. The van der Waals surface area contributed by atoms with E-state index < -0.39 is 11.7 Å². The highest BCUT2D eigenvalue weighted by atomic mass is 16.6. The molecule has 0 radical (unpaired) electrons. The zero-order chi connectivity index (χ0) is 21.7. The van der Waals surface area contributed by atoms with Crippen molar-refractivity contribution in [2.45, 2.75) is 45.8 Å². The van der Waals surface area contributed by atoms with E-state index in [4.69, 9.17) is 10.5 Å². The van der Waals surface area contributed by atoms with E-state index in [1.54, 1.807) is 0 Å². The van der Waals surface area contributed by atoms with E-state index >= 15 is 0 Å². The molecular weight excluding hydrogens is 376 g/mol. The molecule has 0 saturated carbocycles. The second kappa shape index (κ2) is 8.99. The van der Waals surface area contributed by atoms with Crippen molar-refractivity contribution in [1.29, 1.82) is 0 Å². The van der Waals surface area contributed by atoms with Crippen molar-refractivity contribution in [3.8, 4) is 0 Å². The quantitative estimate of drug-likeness (QED) is 0.434. The Morgan fingerprint density at radius 2 is 1.67 bits per heavy atom. The highest BCUT2D eigenvalue weighted by molar-refractivity contribution is 6.08. The van der Waals surface area contributed by atoms with E-state index in [2.05, 4.69) is 5.32 Å². The van der Waals surface area contributed by atoms with Gasteiger partial charge in [-0.3, -0.25) is 4.79 Å². The van der Waals surface area contributed by atoms with Gasteiger partial charge in [0.05, 0.1) is 0 Å². The number of rotatable bonds is 6. The molecule has 3 aromatic rings. The van der Waals surface area contributed by atoms with Crippen molar-refractivity contribution in [3.05, 3.63) is 77.4 Å². The van der Waals surface area contributed by atoms with E-state index in [1.165, 1.54) is 0 Å². The number of alkyl carbamates (subject to hydrolysis) is 1. The number of ketones is 1. The summed E-state index contributed by atoms with van der Waals surface area (Å²) in [6.45, 7) is 5.89. The molecule has 30 heavy (non-hydrogen) atoms. The Labute approximate surface area is 177 Å². The molecule has 1 amide bonds. The molecule has 0 aliphatic heterocycles. The van der Waals surface area contributed by atoms with Gasteiger partial charge in [-0.25, -0.2) is 4.79 Å². The standard InChI is InChI=1S/C25H28N2O3/c1-25(2,3)30-24(29)27-16-18-9-7-17(8-10-18)11-14-23(28)22-6-4-5-19-15-20(26)12-13-21(19)22/h4-10,12-13,15H,11,14,16,26H2,1-3H3,(H,27,29). The molecule has 0 aliphatic carbocycles. The average molecular weight is 405 g/mol. The maximum atomic E-state index is 12.8. The lowest BCUT2D eigenvalue weighted by molar-refractivity contribution is 0.0523. The maximum Gasteiger partial charge on any atom is 0.407 e. The number of carbonyl (C=O) groups excluding carboxylic acids is 2. The molecule has 5 nitrogen and oxygen atoms in total. The number of nitrogen functional groups attached to an aromatic ring is 1. The van der Waals surface area contributed by atoms with Crippen LogP contribution in [0.15, 0.2) is 60.7 Å². The summed E-state index contributed by atoms with van der Waals surface area (Å²) in [7, 11) is 0. The fourth-order valence-corrected chi connectivity index (χ4v) is 3.25. The Bertz CT molecular complexity index is 1050. The van der Waals surface area contributed by atoms with Crippen LogP contribution in [0.2, 0.25) is 0 Å². The summed E-state index contributed by atoms with van der Waals surface area (Å²) in [5.74, 6) is 0.112. The third-order valence-electron chi connectivity index (χ3n) is 4.70. The lowest BCUT2D eigenvalue weighted by atomic mass is 9.97. The fourth-order valence-electron chi connectivity index (χ4n) is 3.25. The number of Topliss-reactive ketones (excluding diaryl/α,β-unsaturated/α-hetero) is 1. The summed E-state index contributed by atoms with van der Waals surface area (Å²) in [6, 6.07) is 19.2. The van der Waals surface area contributed by atoms with E-state index in [9.17, 15) is 9.59 Å². The van der Waals surface area contributed by atoms with Gasteiger partial charge in [-0.05, 0) is 61.2 Å². The number of aryl methyl sites for hydroxylation is 1. The second-order valence-electron chi connectivity index (χ2n) is 8.38. The topological polar surface area (TPSA) is 81.4 Å². The summed E-state index contributed by atoms with van der Waals surface area (Å²) >= 11 is 0. The average Bonchev–Trinajstić information content (AvgIpc) is 2.69. The third-order valence-corrected chi connectivity index (χ3v) is 4.70. The normalized spacial score (nSPS) is 11.3. The number of carbonyl (C=O) groups is 2. The molecule has 0 fully saturated rings. The zero-order valence-corrected chi connectivity index (χ0v) is 17.7. The van der Waals surface area contributed by atoms with Crippen LogP contribution in [0.4, 0.5) is 10.5 Å². The highest BCUT2D eigenvalue weighted by Gasteiger charge is 2.15. The molecule has 0 aliphatic rings. The molecule has 0 bridgehead atoms. The highest BCUT2D eigenvalue weighted by Crippen LogP contribution is 2.23. The van der Waals surface area contributed by atoms with Crippen LogP contribution in [0.1, 0.15) is 48.7 Å². The van der Waals surface area contributed by atoms with Gasteiger partial charge in [-0.1, -0.05) is 48.5 Å². The van der Waals surface area contributed by atoms with Gasteiger partial charge < -0.3 is 15.8 Å². The number of ether oxygens (including phenoxy) is 1. The van der Waals surface area contributed by atoms with Gasteiger partial charge in [0.25, 0.3) is 0 Å². The van der Waals surface area contributed by atoms with E-state index in [0.717, 1.165) is 27.5 Å². The van der Waals surface area contributed by atoms with Crippen molar-refractivity contribution in [2.24, 2.45) is 0 Å². The second-order valence-corrected chi connectivity index (χ2v) is 8.38. The Morgan fingerprint density at radius 3 is 2.37 bits per heavy atom. The first kappa shape index (κ1) is 21.4. The molecule has 156 valence electrons. The van der Waals surface area contributed by atoms with Crippen LogP contribution >= 0.6 is 0 Å². The van der Waals surface area contributed by atoms with Crippen molar-refractivity contribution in [1.82, 2.24) is 5.32 Å². The predicted molar refractivity (Wildman–Crippen MR) is 121 cm³/mol. The van der Waals surface area contributed by atoms with Crippen LogP contribution < -0.4 is 11.1 Å². The van der Waals surface area contributed by atoms with Gasteiger partial charge >= 0.3 is 6.09 Å². The molecular formula is C25H28N2O3. The van der Waals surface area contributed by atoms with E-state index in [0.29, 0.717) is 25.1 Å². The molecule has 5 heteroatoms. The number of nitrogens with two attached hydrogens (primary N) is 1.